The second kappa shape index (κ2) is 5.86. The Bertz CT molecular complexity index is 269. The first kappa shape index (κ1) is 12.2. The van der Waals surface area contributed by atoms with Gasteiger partial charge in [-0.25, -0.2) is 4.39 Å². The summed E-state index contributed by atoms with van der Waals surface area (Å²) < 4.78 is 19.2. The third-order valence-electron chi connectivity index (χ3n) is 2.86. The van der Waals surface area contributed by atoms with Crippen molar-refractivity contribution in [3.8, 4) is 0 Å². The molecule has 3 atom stereocenters. The predicted octanol–water partition coefficient (Wildman–Crippen LogP) is 3.55. The predicted molar refractivity (Wildman–Crippen MR) is 60.8 cm³/mol. The number of ether oxygens (including phenoxy) is 1. The van der Waals surface area contributed by atoms with E-state index in [2.05, 4.69) is 0 Å². The van der Waals surface area contributed by atoms with Crippen LogP contribution in [0.25, 0.3) is 0 Å². The molecule has 1 nitrogen and oxygen atoms in total. The highest BCUT2D eigenvalue weighted by Crippen LogP contribution is 2.25. The Hall–Kier alpha value is -0.890. The zero-order valence-corrected chi connectivity index (χ0v) is 9.61. The number of methoxy groups -OCH3 is 1. The van der Waals surface area contributed by atoms with Crippen molar-refractivity contribution in [1.29, 1.82) is 0 Å². The monoisotopic (exact) mass is 210 g/mol. The zero-order valence-electron chi connectivity index (χ0n) is 9.61. The minimum Gasteiger partial charge on any atom is -0.378 e. The van der Waals surface area contributed by atoms with Crippen molar-refractivity contribution in [2.24, 2.45) is 0 Å². The van der Waals surface area contributed by atoms with E-state index >= 15 is 0 Å². The summed E-state index contributed by atoms with van der Waals surface area (Å²) in [7, 11) is 1.57. The lowest BCUT2D eigenvalue weighted by Gasteiger charge is -2.24. The summed E-state index contributed by atoms with van der Waals surface area (Å²) in [6, 6.07) is 9.73. The van der Waals surface area contributed by atoms with Crippen molar-refractivity contribution in [3.05, 3.63) is 35.9 Å². The van der Waals surface area contributed by atoms with Gasteiger partial charge in [0, 0.05) is 13.0 Å². The van der Waals surface area contributed by atoms with E-state index < -0.39 is 6.17 Å². The van der Waals surface area contributed by atoms with E-state index in [0.717, 1.165) is 5.56 Å². The van der Waals surface area contributed by atoms with Gasteiger partial charge in [-0.3, -0.25) is 0 Å². The van der Waals surface area contributed by atoms with Crippen LogP contribution in [0.4, 0.5) is 4.39 Å². The van der Waals surface area contributed by atoms with E-state index in [1.165, 1.54) is 0 Å². The van der Waals surface area contributed by atoms with Gasteiger partial charge in [0.25, 0.3) is 0 Å². The van der Waals surface area contributed by atoms with Gasteiger partial charge >= 0.3 is 0 Å². The lowest BCUT2D eigenvalue weighted by Crippen LogP contribution is -2.28. The molecule has 0 N–H and O–H groups in total. The molecule has 0 aliphatic carbocycles. The topological polar surface area (TPSA) is 9.23 Å². The molecule has 0 fully saturated rings. The van der Waals surface area contributed by atoms with Gasteiger partial charge < -0.3 is 4.74 Å². The van der Waals surface area contributed by atoms with Crippen LogP contribution in [0, 0.1) is 0 Å². The molecule has 1 aromatic carbocycles. The Balaban J connectivity index is 2.71. The van der Waals surface area contributed by atoms with E-state index in [0.29, 0.717) is 6.42 Å². The second-order valence-electron chi connectivity index (χ2n) is 3.83. The molecular formula is C13H19FO. The number of hydrogen-bond donors (Lipinski definition) is 0. The Morgan fingerprint density at radius 2 is 1.87 bits per heavy atom. The SMILES string of the molecule is CC[C@H](OC)[C@@H](F)C(C)c1ccccc1. The van der Waals surface area contributed by atoms with Crippen molar-refractivity contribution in [3.63, 3.8) is 0 Å². The van der Waals surface area contributed by atoms with Crippen LogP contribution >= 0.6 is 0 Å². The molecule has 0 amide bonds. The molecule has 0 spiro atoms. The van der Waals surface area contributed by atoms with Crippen LogP contribution in [0.5, 0.6) is 0 Å². The largest absolute Gasteiger partial charge is 0.378 e. The van der Waals surface area contributed by atoms with Crippen LogP contribution in [0.3, 0.4) is 0 Å². The molecule has 1 rings (SSSR count). The Morgan fingerprint density at radius 1 is 1.27 bits per heavy atom. The number of benzene rings is 1. The molecule has 0 radical (unpaired) electrons. The lowest BCUT2D eigenvalue weighted by atomic mass is 9.92. The fourth-order valence-corrected chi connectivity index (χ4v) is 1.78. The van der Waals surface area contributed by atoms with Crippen LogP contribution in [0.1, 0.15) is 31.7 Å². The van der Waals surface area contributed by atoms with E-state index in [1.807, 2.05) is 44.2 Å². The Kier molecular flexibility index (Phi) is 4.76. The fraction of sp³-hybridized carbons (Fsp3) is 0.538. The van der Waals surface area contributed by atoms with Crippen molar-refractivity contribution >= 4 is 0 Å². The van der Waals surface area contributed by atoms with Gasteiger partial charge in [0.2, 0.25) is 0 Å². The molecule has 0 aliphatic rings. The summed E-state index contributed by atoms with van der Waals surface area (Å²) >= 11 is 0. The van der Waals surface area contributed by atoms with E-state index in [9.17, 15) is 4.39 Å². The number of hydrogen-bond acceptors (Lipinski definition) is 1. The molecule has 0 aliphatic heterocycles. The van der Waals surface area contributed by atoms with Crippen LogP contribution in [-0.4, -0.2) is 19.4 Å². The van der Waals surface area contributed by atoms with Crippen LogP contribution in [0.15, 0.2) is 30.3 Å². The molecule has 1 aromatic rings. The number of alkyl halides is 1. The number of halogens is 1. The molecule has 84 valence electrons. The smallest absolute Gasteiger partial charge is 0.133 e. The Labute approximate surface area is 91.3 Å². The first-order valence-electron chi connectivity index (χ1n) is 5.42. The maximum atomic E-state index is 14.0. The highest BCUT2D eigenvalue weighted by Gasteiger charge is 2.26. The molecule has 0 bridgehead atoms. The van der Waals surface area contributed by atoms with Crippen LogP contribution < -0.4 is 0 Å². The van der Waals surface area contributed by atoms with Crippen molar-refractivity contribution in [2.45, 2.75) is 38.5 Å². The van der Waals surface area contributed by atoms with Crippen molar-refractivity contribution < 1.29 is 9.13 Å². The van der Waals surface area contributed by atoms with Crippen molar-refractivity contribution in [2.75, 3.05) is 7.11 Å². The van der Waals surface area contributed by atoms with Gasteiger partial charge in [-0.05, 0) is 12.0 Å². The standard InChI is InChI=1S/C13H19FO/c1-4-12(15-3)13(14)10(2)11-8-6-5-7-9-11/h5-10,12-13H,4H2,1-3H3/t10?,12-,13-/m0/s1. The molecular weight excluding hydrogens is 191 g/mol. The molecule has 15 heavy (non-hydrogen) atoms. The molecule has 0 saturated heterocycles. The third-order valence-corrected chi connectivity index (χ3v) is 2.86. The van der Waals surface area contributed by atoms with Crippen LogP contribution in [-0.2, 0) is 4.74 Å². The summed E-state index contributed by atoms with van der Waals surface area (Å²) in [4.78, 5) is 0. The Morgan fingerprint density at radius 3 is 2.33 bits per heavy atom. The van der Waals surface area contributed by atoms with Gasteiger partial charge in [-0.2, -0.15) is 0 Å². The summed E-state index contributed by atoms with van der Waals surface area (Å²) in [5, 5.41) is 0. The van der Waals surface area contributed by atoms with E-state index in [-0.39, 0.29) is 12.0 Å². The molecule has 0 heterocycles. The van der Waals surface area contributed by atoms with Gasteiger partial charge in [0.1, 0.15) is 6.17 Å². The minimum absolute atomic E-state index is 0.115. The number of rotatable bonds is 5. The van der Waals surface area contributed by atoms with Crippen LogP contribution in [0.2, 0.25) is 0 Å². The highest BCUT2D eigenvalue weighted by atomic mass is 19.1. The fourth-order valence-electron chi connectivity index (χ4n) is 1.78. The normalized spacial score (nSPS) is 17.1. The first-order valence-corrected chi connectivity index (χ1v) is 5.42. The minimum atomic E-state index is -0.942. The average Bonchev–Trinajstić information content (AvgIpc) is 2.30. The molecule has 0 saturated carbocycles. The average molecular weight is 210 g/mol. The third kappa shape index (κ3) is 3.03. The van der Waals surface area contributed by atoms with Gasteiger partial charge in [0.05, 0.1) is 6.10 Å². The van der Waals surface area contributed by atoms with E-state index in [4.69, 9.17) is 4.74 Å². The molecule has 0 aromatic heterocycles. The maximum absolute atomic E-state index is 14.0. The summed E-state index contributed by atoms with van der Waals surface area (Å²) in [6.45, 7) is 3.85. The second-order valence-corrected chi connectivity index (χ2v) is 3.83. The highest BCUT2D eigenvalue weighted by molar-refractivity contribution is 5.20. The van der Waals surface area contributed by atoms with Crippen molar-refractivity contribution in [1.82, 2.24) is 0 Å². The van der Waals surface area contributed by atoms with E-state index in [1.54, 1.807) is 7.11 Å². The first-order chi connectivity index (χ1) is 7.20. The molecule has 2 heteroatoms. The summed E-state index contributed by atoms with van der Waals surface area (Å²) in [6.07, 6.45) is -0.544. The van der Waals surface area contributed by atoms with Gasteiger partial charge in [-0.1, -0.05) is 44.2 Å². The van der Waals surface area contributed by atoms with Gasteiger partial charge in [0.15, 0.2) is 0 Å². The lowest BCUT2D eigenvalue weighted by molar-refractivity contribution is 0.0203. The quantitative estimate of drug-likeness (QED) is 0.722. The molecule has 1 unspecified atom stereocenters. The maximum Gasteiger partial charge on any atom is 0.133 e. The van der Waals surface area contributed by atoms with Gasteiger partial charge in [-0.15, -0.1) is 0 Å². The zero-order chi connectivity index (χ0) is 11.3. The summed E-state index contributed by atoms with van der Waals surface area (Å²) in [5.41, 5.74) is 1.03. The summed E-state index contributed by atoms with van der Waals surface area (Å²) in [5.74, 6) is -0.115.